The van der Waals surface area contributed by atoms with Crippen molar-refractivity contribution in [1.82, 2.24) is 9.88 Å². The number of para-hydroxylation sites is 1. The second-order valence-corrected chi connectivity index (χ2v) is 10.2. The van der Waals surface area contributed by atoms with E-state index in [1.807, 2.05) is 24.3 Å². The molecule has 0 bridgehead atoms. The van der Waals surface area contributed by atoms with Crippen molar-refractivity contribution in [3.8, 4) is 0 Å². The summed E-state index contributed by atoms with van der Waals surface area (Å²) in [6.07, 6.45) is 2.35. The monoisotopic (exact) mass is 370 g/mol. The Morgan fingerprint density at radius 2 is 2.04 bits per heavy atom. The first kappa shape index (κ1) is 16.7. The van der Waals surface area contributed by atoms with Gasteiger partial charge in [-0.3, -0.25) is 4.79 Å². The molecule has 1 amide bonds. The minimum Gasteiger partial charge on any atom is -0.342 e. The lowest BCUT2D eigenvalue weighted by Crippen LogP contribution is -2.43. The highest BCUT2D eigenvalue weighted by Crippen LogP contribution is 2.29. The number of carbonyl (C=O) groups is 1. The lowest BCUT2D eigenvalue weighted by molar-refractivity contribution is -0.129. The fraction of sp³-hybridized carbons (Fsp3) is 0.467. The number of hydrogen-bond donors (Lipinski definition) is 0. The van der Waals surface area contributed by atoms with E-state index < -0.39 is 9.84 Å². The molecule has 0 N–H and O–H groups in total. The Kier molecular flexibility index (Phi) is 4.93. The summed E-state index contributed by atoms with van der Waals surface area (Å²) in [5.74, 6) is 0.407. The van der Waals surface area contributed by atoms with E-state index in [-0.39, 0.29) is 11.2 Å². The number of carbonyl (C=O) groups excluding carboxylic acids is 1. The Balaban J connectivity index is 1.54. The van der Waals surface area contributed by atoms with Gasteiger partial charge in [-0.15, -0.1) is 11.3 Å². The third-order valence-electron chi connectivity index (χ3n) is 3.99. The summed E-state index contributed by atoms with van der Waals surface area (Å²) in [4.78, 5) is 18.5. The largest absolute Gasteiger partial charge is 0.342 e. The number of fused-ring (bicyclic) bond motifs is 1. The molecular formula is C15H18N2O3S3. The molecule has 1 aromatic heterocycles. The summed E-state index contributed by atoms with van der Waals surface area (Å²) >= 11 is 3.04. The van der Waals surface area contributed by atoms with Crippen LogP contribution in [0.15, 0.2) is 28.6 Å². The van der Waals surface area contributed by atoms with Gasteiger partial charge in [-0.05, 0) is 25.0 Å². The fourth-order valence-electron chi connectivity index (χ4n) is 2.66. The van der Waals surface area contributed by atoms with Crippen molar-refractivity contribution in [2.24, 2.45) is 0 Å². The van der Waals surface area contributed by atoms with E-state index in [0.29, 0.717) is 31.7 Å². The van der Waals surface area contributed by atoms with Crippen molar-refractivity contribution in [2.75, 3.05) is 25.1 Å². The van der Waals surface area contributed by atoms with Crippen LogP contribution in [-0.2, 0) is 14.6 Å². The number of piperidine rings is 1. The quantitative estimate of drug-likeness (QED) is 0.773. The van der Waals surface area contributed by atoms with Crippen LogP contribution in [0.4, 0.5) is 0 Å². The summed E-state index contributed by atoms with van der Waals surface area (Å²) in [5.41, 5.74) is 0.960. The van der Waals surface area contributed by atoms with Crippen LogP contribution in [-0.4, -0.2) is 54.6 Å². The molecule has 0 radical (unpaired) electrons. The number of hydrogen-bond acceptors (Lipinski definition) is 6. The van der Waals surface area contributed by atoms with Crippen molar-refractivity contribution < 1.29 is 13.2 Å². The average Bonchev–Trinajstić information content (AvgIpc) is 2.95. The standard InChI is InChI=1S/C15H18N2O3S3/c1-23(19,20)11-6-8-17(9-7-11)14(18)10-21-15-16-12-4-2-3-5-13(12)22-15/h2-5,11H,6-10H2,1H3. The number of aromatic nitrogens is 1. The zero-order valence-electron chi connectivity index (χ0n) is 12.8. The molecule has 8 heteroatoms. The number of benzene rings is 1. The Morgan fingerprint density at radius 3 is 2.70 bits per heavy atom. The van der Waals surface area contributed by atoms with E-state index in [2.05, 4.69) is 4.98 Å². The first-order valence-corrected chi connectivity index (χ1v) is 11.1. The SMILES string of the molecule is CS(=O)(=O)C1CCN(C(=O)CSc2nc3ccccc3s2)CC1. The highest BCUT2D eigenvalue weighted by Gasteiger charge is 2.28. The summed E-state index contributed by atoms with van der Waals surface area (Å²) in [6.45, 7) is 1.05. The molecular weight excluding hydrogens is 352 g/mol. The van der Waals surface area contributed by atoms with E-state index in [0.717, 1.165) is 14.6 Å². The number of nitrogens with zero attached hydrogens (tertiary/aromatic N) is 2. The van der Waals surface area contributed by atoms with E-state index in [1.165, 1.54) is 18.0 Å². The van der Waals surface area contributed by atoms with Crippen LogP contribution >= 0.6 is 23.1 Å². The number of rotatable bonds is 4. The zero-order chi connectivity index (χ0) is 16.4. The van der Waals surface area contributed by atoms with Gasteiger partial charge in [-0.25, -0.2) is 13.4 Å². The third kappa shape index (κ3) is 4.05. The molecule has 2 aromatic rings. The van der Waals surface area contributed by atoms with E-state index in [9.17, 15) is 13.2 Å². The van der Waals surface area contributed by atoms with Crippen LogP contribution in [0.3, 0.4) is 0 Å². The first-order valence-electron chi connectivity index (χ1n) is 7.38. The Bertz CT molecular complexity index is 775. The highest BCUT2D eigenvalue weighted by atomic mass is 32.2. The van der Waals surface area contributed by atoms with Gasteiger partial charge in [0.15, 0.2) is 4.34 Å². The van der Waals surface area contributed by atoms with Gasteiger partial charge in [0.1, 0.15) is 9.84 Å². The fourth-order valence-corrected chi connectivity index (χ4v) is 5.70. The van der Waals surface area contributed by atoms with Crippen molar-refractivity contribution >= 4 is 49.1 Å². The van der Waals surface area contributed by atoms with Gasteiger partial charge in [0.25, 0.3) is 0 Å². The molecule has 3 rings (SSSR count). The Hall–Kier alpha value is -1.12. The van der Waals surface area contributed by atoms with E-state index in [4.69, 9.17) is 0 Å². The normalized spacial score (nSPS) is 16.8. The maximum Gasteiger partial charge on any atom is 0.233 e. The van der Waals surface area contributed by atoms with Gasteiger partial charge in [-0.1, -0.05) is 23.9 Å². The van der Waals surface area contributed by atoms with Crippen LogP contribution in [0.1, 0.15) is 12.8 Å². The molecule has 23 heavy (non-hydrogen) atoms. The highest BCUT2D eigenvalue weighted by molar-refractivity contribution is 8.01. The second-order valence-electron chi connectivity index (χ2n) is 5.65. The molecule has 1 aliphatic rings. The zero-order valence-corrected chi connectivity index (χ0v) is 15.2. The van der Waals surface area contributed by atoms with Crippen LogP contribution < -0.4 is 0 Å². The molecule has 0 saturated carbocycles. The van der Waals surface area contributed by atoms with E-state index in [1.54, 1.807) is 16.2 Å². The van der Waals surface area contributed by atoms with Gasteiger partial charge >= 0.3 is 0 Å². The summed E-state index contributed by atoms with van der Waals surface area (Å²) in [6, 6.07) is 7.92. The Morgan fingerprint density at radius 1 is 1.35 bits per heavy atom. The van der Waals surface area contributed by atoms with Gasteiger partial charge in [0.05, 0.1) is 21.2 Å². The molecule has 1 aromatic carbocycles. The summed E-state index contributed by atoms with van der Waals surface area (Å²) < 4.78 is 25.1. The number of sulfone groups is 1. The van der Waals surface area contributed by atoms with Crippen LogP contribution in [0, 0.1) is 0 Å². The molecule has 0 spiro atoms. The predicted molar refractivity (Wildman–Crippen MR) is 94.8 cm³/mol. The molecule has 5 nitrogen and oxygen atoms in total. The Labute approximate surface area is 144 Å². The second kappa shape index (κ2) is 6.78. The summed E-state index contributed by atoms with van der Waals surface area (Å²) in [5, 5.41) is -0.302. The molecule has 0 aliphatic carbocycles. The van der Waals surface area contributed by atoms with Crippen molar-refractivity contribution in [3.05, 3.63) is 24.3 Å². The molecule has 0 unspecified atom stereocenters. The van der Waals surface area contributed by atoms with Crippen molar-refractivity contribution in [2.45, 2.75) is 22.4 Å². The van der Waals surface area contributed by atoms with Gasteiger partial charge in [0, 0.05) is 19.3 Å². The topological polar surface area (TPSA) is 67.3 Å². The molecule has 1 saturated heterocycles. The average molecular weight is 371 g/mol. The van der Waals surface area contributed by atoms with Crippen molar-refractivity contribution in [1.29, 1.82) is 0 Å². The molecule has 0 atom stereocenters. The smallest absolute Gasteiger partial charge is 0.233 e. The number of amides is 1. The number of thiazole rings is 1. The van der Waals surface area contributed by atoms with Gasteiger partial charge < -0.3 is 4.90 Å². The number of thioether (sulfide) groups is 1. The minimum absolute atomic E-state index is 0.0567. The molecule has 124 valence electrons. The summed E-state index contributed by atoms with van der Waals surface area (Å²) in [7, 11) is -3.00. The lowest BCUT2D eigenvalue weighted by Gasteiger charge is -2.31. The van der Waals surface area contributed by atoms with Crippen LogP contribution in [0.2, 0.25) is 0 Å². The minimum atomic E-state index is -3.00. The van der Waals surface area contributed by atoms with E-state index >= 15 is 0 Å². The predicted octanol–water partition coefficient (Wildman–Crippen LogP) is 2.42. The molecule has 1 aliphatic heterocycles. The maximum atomic E-state index is 12.3. The third-order valence-corrected chi connectivity index (χ3v) is 7.84. The van der Waals surface area contributed by atoms with Crippen LogP contribution in [0.25, 0.3) is 10.2 Å². The molecule has 2 heterocycles. The van der Waals surface area contributed by atoms with Gasteiger partial charge in [-0.2, -0.15) is 0 Å². The van der Waals surface area contributed by atoms with Gasteiger partial charge in [0.2, 0.25) is 5.91 Å². The maximum absolute atomic E-state index is 12.3. The van der Waals surface area contributed by atoms with Crippen LogP contribution in [0.5, 0.6) is 0 Å². The molecule has 1 fully saturated rings. The lowest BCUT2D eigenvalue weighted by atomic mass is 10.1. The first-order chi connectivity index (χ1) is 10.9. The van der Waals surface area contributed by atoms with Crippen molar-refractivity contribution in [3.63, 3.8) is 0 Å². The number of likely N-dealkylation sites (tertiary alicyclic amines) is 1.